The molecular weight excluding hydrogens is 285 g/mol. The topological polar surface area (TPSA) is 76.1 Å². The Morgan fingerprint density at radius 2 is 2.00 bits per heavy atom. The van der Waals surface area contributed by atoms with Crippen molar-refractivity contribution in [2.45, 2.75) is 32.8 Å². The van der Waals surface area contributed by atoms with Gasteiger partial charge in [0.2, 0.25) is 0 Å². The quantitative estimate of drug-likeness (QED) is 0.628. The Morgan fingerprint density at radius 1 is 1.32 bits per heavy atom. The standard InChI is InChI=1S/C15H18BNO5/c1-15(2,3)22-14(19)17-11-7-10(13(18)21-4)6-5-9(11)8-12(17)16-20/h5-7,20H,8H2,1-4H3. The Kier molecular flexibility index (Phi) is 4.26. The van der Waals surface area contributed by atoms with Crippen LogP contribution in [0, 0.1) is 0 Å². The molecule has 1 heterocycles. The molecule has 2 rings (SSSR count). The molecule has 0 aromatic heterocycles. The van der Waals surface area contributed by atoms with E-state index in [4.69, 9.17) is 4.74 Å². The number of rotatable bonds is 1. The number of fused-ring (bicyclic) bond motifs is 1. The molecule has 22 heavy (non-hydrogen) atoms. The number of amides is 1. The molecule has 1 aliphatic heterocycles. The third-order valence-corrected chi connectivity index (χ3v) is 3.13. The number of nitrogens with zero attached hydrogens (tertiary/aromatic N) is 1. The first-order chi connectivity index (χ1) is 10.3. The second kappa shape index (κ2) is 5.83. The number of carbonyl (C=O) groups excluding carboxylic acids is 2. The van der Waals surface area contributed by atoms with E-state index in [9.17, 15) is 14.6 Å². The molecule has 1 aliphatic rings. The van der Waals surface area contributed by atoms with E-state index in [1.54, 1.807) is 39.0 Å². The summed E-state index contributed by atoms with van der Waals surface area (Å²) in [5, 5.41) is 9.38. The van der Waals surface area contributed by atoms with Crippen molar-refractivity contribution in [3.05, 3.63) is 29.3 Å². The van der Waals surface area contributed by atoms with Gasteiger partial charge in [0.25, 0.3) is 0 Å². The summed E-state index contributed by atoms with van der Waals surface area (Å²) in [4.78, 5) is 25.3. The van der Waals surface area contributed by atoms with Gasteiger partial charge in [-0.05, 0) is 0 Å². The number of benzene rings is 1. The van der Waals surface area contributed by atoms with Crippen molar-refractivity contribution in [2.24, 2.45) is 0 Å². The van der Waals surface area contributed by atoms with Gasteiger partial charge in [-0.1, -0.05) is 0 Å². The molecule has 1 aromatic rings. The van der Waals surface area contributed by atoms with E-state index in [2.05, 4.69) is 4.74 Å². The van der Waals surface area contributed by atoms with Crippen LogP contribution in [0.2, 0.25) is 0 Å². The molecule has 0 bridgehead atoms. The molecule has 1 aromatic carbocycles. The van der Waals surface area contributed by atoms with Crippen LogP contribution in [0.3, 0.4) is 0 Å². The first-order valence-electron chi connectivity index (χ1n) is 6.84. The number of hydrogen-bond acceptors (Lipinski definition) is 5. The summed E-state index contributed by atoms with van der Waals surface area (Å²) in [7, 11) is 2.17. The van der Waals surface area contributed by atoms with E-state index >= 15 is 0 Å². The van der Waals surface area contributed by atoms with E-state index in [0.29, 0.717) is 23.3 Å². The fourth-order valence-electron chi connectivity index (χ4n) is 2.22. The molecule has 6 nitrogen and oxygen atoms in total. The van der Waals surface area contributed by atoms with Gasteiger partial charge in [0, 0.05) is 0 Å². The maximum atomic E-state index is 12.4. The molecule has 0 spiro atoms. The molecule has 0 unspecified atom stereocenters. The predicted molar refractivity (Wildman–Crippen MR) is 83.2 cm³/mol. The minimum atomic E-state index is -0.666. The predicted octanol–water partition coefficient (Wildman–Crippen LogP) is 1.51. The van der Waals surface area contributed by atoms with E-state index in [0.717, 1.165) is 12.7 Å². The van der Waals surface area contributed by atoms with Crippen molar-refractivity contribution in [1.29, 1.82) is 0 Å². The van der Waals surface area contributed by atoms with Crippen molar-refractivity contribution in [3.63, 3.8) is 0 Å². The molecule has 0 saturated carbocycles. The fraction of sp³-hybridized carbons (Fsp3) is 0.400. The second-order valence-corrected chi connectivity index (χ2v) is 5.95. The molecule has 0 saturated heterocycles. The summed E-state index contributed by atoms with van der Waals surface area (Å²) in [5.74, 6) is -0.492. The first-order valence-corrected chi connectivity index (χ1v) is 6.84. The first kappa shape index (κ1) is 16.1. The van der Waals surface area contributed by atoms with Gasteiger partial charge < -0.3 is 0 Å². The zero-order valence-electron chi connectivity index (χ0n) is 13.0. The zero-order valence-corrected chi connectivity index (χ0v) is 13.0. The van der Waals surface area contributed by atoms with Crippen LogP contribution in [0.5, 0.6) is 0 Å². The van der Waals surface area contributed by atoms with Gasteiger partial charge >= 0.3 is 129 Å². The number of hydrogen-bond donors (Lipinski definition) is 1. The van der Waals surface area contributed by atoms with Crippen LogP contribution in [0.15, 0.2) is 18.2 Å². The summed E-state index contributed by atoms with van der Waals surface area (Å²) in [6.45, 7) is 5.28. The number of anilines is 1. The molecule has 0 atom stereocenters. The minimum absolute atomic E-state index is 0.328. The zero-order chi connectivity index (χ0) is 16.5. The van der Waals surface area contributed by atoms with Gasteiger partial charge in [0.15, 0.2) is 0 Å². The van der Waals surface area contributed by atoms with Crippen molar-refractivity contribution >= 4 is 30.5 Å². The van der Waals surface area contributed by atoms with Gasteiger partial charge in [-0.25, -0.2) is 0 Å². The molecule has 0 radical (unpaired) electrons. The van der Waals surface area contributed by atoms with Gasteiger partial charge in [-0.2, -0.15) is 0 Å². The number of ether oxygens (including phenoxy) is 2. The number of methoxy groups -OCH3 is 1. The van der Waals surface area contributed by atoms with E-state index < -0.39 is 17.7 Å². The SMILES string of the molecule is COC(=O)c1ccc2c(c1)N(C(=O)OC(C)(C)C)C(=BO)C2. The summed E-state index contributed by atoms with van der Waals surface area (Å²) in [6, 6.07) is 4.91. The fourth-order valence-corrected chi connectivity index (χ4v) is 2.22. The van der Waals surface area contributed by atoms with Crippen molar-refractivity contribution in [3.8, 4) is 0 Å². The van der Waals surface area contributed by atoms with Crippen LogP contribution in [-0.2, 0) is 15.9 Å². The number of esters is 1. The normalized spacial score (nSPS) is 15.3. The summed E-state index contributed by atoms with van der Waals surface area (Å²) >= 11 is 0. The van der Waals surface area contributed by atoms with Crippen LogP contribution >= 0.6 is 0 Å². The summed E-state index contributed by atoms with van der Waals surface area (Å²) in [6.07, 6.45) is -0.222. The Morgan fingerprint density at radius 3 is 2.55 bits per heavy atom. The Hall–Kier alpha value is -2.31. The van der Waals surface area contributed by atoms with Gasteiger partial charge in [-0.3, -0.25) is 0 Å². The molecule has 0 fully saturated rings. The van der Waals surface area contributed by atoms with Gasteiger partial charge in [0.05, 0.1) is 0 Å². The third-order valence-electron chi connectivity index (χ3n) is 3.13. The van der Waals surface area contributed by atoms with E-state index in [1.807, 2.05) is 0 Å². The summed E-state index contributed by atoms with van der Waals surface area (Å²) < 4.78 is 10.0. The van der Waals surface area contributed by atoms with Gasteiger partial charge in [0.1, 0.15) is 0 Å². The van der Waals surface area contributed by atoms with Crippen molar-refractivity contribution in [1.82, 2.24) is 0 Å². The van der Waals surface area contributed by atoms with Crippen LogP contribution in [0.25, 0.3) is 0 Å². The molecule has 7 heteroatoms. The third kappa shape index (κ3) is 3.13. The molecule has 1 amide bonds. The van der Waals surface area contributed by atoms with Crippen LogP contribution in [0.4, 0.5) is 10.5 Å². The monoisotopic (exact) mass is 303 g/mol. The van der Waals surface area contributed by atoms with Crippen LogP contribution < -0.4 is 4.90 Å². The maximum absolute atomic E-state index is 12.4. The average Bonchev–Trinajstić information content (AvgIpc) is 2.82. The Balaban J connectivity index is 2.43. The average molecular weight is 303 g/mol. The molecule has 1 N–H and O–H groups in total. The Labute approximate surface area is 129 Å². The van der Waals surface area contributed by atoms with E-state index in [-0.39, 0.29) is 0 Å². The van der Waals surface area contributed by atoms with Crippen LogP contribution in [-0.4, -0.2) is 42.5 Å². The molecule has 116 valence electrons. The van der Waals surface area contributed by atoms with E-state index in [1.165, 1.54) is 12.0 Å². The summed E-state index contributed by atoms with van der Waals surface area (Å²) in [5.41, 5.74) is 1.39. The van der Waals surface area contributed by atoms with Crippen molar-refractivity contribution in [2.75, 3.05) is 12.0 Å². The van der Waals surface area contributed by atoms with Crippen LogP contribution in [0.1, 0.15) is 36.7 Å². The molecule has 0 aliphatic carbocycles. The van der Waals surface area contributed by atoms with Crippen molar-refractivity contribution < 1.29 is 24.1 Å². The second-order valence-electron chi connectivity index (χ2n) is 5.95. The molecular formula is C15H18BNO5. The van der Waals surface area contributed by atoms with Gasteiger partial charge in [-0.15, -0.1) is 0 Å². The Bertz CT molecular complexity index is 648. The number of carbonyl (C=O) groups is 2.